The standard InChI is InChI=1S/C15H18F3N5O3/c1-8-10(15(16,17)18)21-22-11(8)19-9(24)7-23-12(25)14(20-13(23)26)5-3-2-4-6-14/h2-7H2,1H3,(H,20,26)(H2,19,21,22,24). The van der Waals surface area contributed by atoms with E-state index in [0.717, 1.165) is 31.1 Å². The summed E-state index contributed by atoms with van der Waals surface area (Å²) in [4.78, 5) is 37.6. The van der Waals surface area contributed by atoms with Crippen molar-refractivity contribution in [1.82, 2.24) is 20.4 Å². The Balaban J connectivity index is 1.68. The van der Waals surface area contributed by atoms with Crippen molar-refractivity contribution in [3.05, 3.63) is 11.3 Å². The second-order valence-electron chi connectivity index (χ2n) is 6.58. The van der Waals surface area contributed by atoms with Crippen molar-refractivity contribution in [1.29, 1.82) is 0 Å². The number of halogens is 3. The average Bonchev–Trinajstić information content (AvgIpc) is 3.02. The molecule has 3 rings (SSSR count). The number of hydrogen-bond donors (Lipinski definition) is 3. The summed E-state index contributed by atoms with van der Waals surface area (Å²) in [7, 11) is 0. The Kier molecular flexibility index (Phi) is 4.41. The first-order valence-corrected chi connectivity index (χ1v) is 8.20. The van der Waals surface area contributed by atoms with Crippen LogP contribution in [0.1, 0.15) is 43.4 Å². The number of nitrogens with one attached hydrogen (secondary N) is 3. The Labute approximate surface area is 146 Å². The van der Waals surface area contributed by atoms with Crippen molar-refractivity contribution in [3.8, 4) is 0 Å². The van der Waals surface area contributed by atoms with Crippen LogP contribution >= 0.6 is 0 Å². The zero-order chi connectivity index (χ0) is 19.1. The molecule has 2 aliphatic rings. The number of anilines is 1. The lowest BCUT2D eigenvalue weighted by molar-refractivity contribution is -0.141. The molecule has 1 aliphatic heterocycles. The van der Waals surface area contributed by atoms with E-state index in [1.807, 2.05) is 5.10 Å². The van der Waals surface area contributed by atoms with Crippen LogP contribution in [0.15, 0.2) is 0 Å². The van der Waals surface area contributed by atoms with Gasteiger partial charge in [0.2, 0.25) is 5.91 Å². The van der Waals surface area contributed by atoms with E-state index in [4.69, 9.17) is 0 Å². The third-order valence-corrected chi connectivity index (χ3v) is 4.81. The van der Waals surface area contributed by atoms with Crippen LogP contribution in [-0.4, -0.2) is 45.0 Å². The molecule has 0 atom stereocenters. The fourth-order valence-corrected chi connectivity index (χ4v) is 3.42. The van der Waals surface area contributed by atoms with Crippen LogP contribution in [0.5, 0.6) is 0 Å². The summed E-state index contributed by atoms with van der Waals surface area (Å²) in [6.45, 7) is 0.576. The van der Waals surface area contributed by atoms with Crippen LogP contribution < -0.4 is 10.6 Å². The van der Waals surface area contributed by atoms with E-state index < -0.39 is 41.8 Å². The van der Waals surface area contributed by atoms with Gasteiger partial charge in [-0.15, -0.1) is 0 Å². The number of rotatable bonds is 3. The first kappa shape index (κ1) is 18.2. The summed E-state index contributed by atoms with van der Waals surface area (Å²) >= 11 is 0. The maximum atomic E-state index is 12.7. The molecule has 3 N–H and O–H groups in total. The van der Waals surface area contributed by atoms with Gasteiger partial charge in [-0.3, -0.25) is 19.6 Å². The van der Waals surface area contributed by atoms with Gasteiger partial charge in [0.05, 0.1) is 0 Å². The molecule has 142 valence electrons. The number of carbonyl (C=O) groups is 3. The summed E-state index contributed by atoms with van der Waals surface area (Å²) in [5.41, 5.74) is -2.29. The highest BCUT2D eigenvalue weighted by Gasteiger charge is 2.51. The van der Waals surface area contributed by atoms with Gasteiger partial charge in [-0.1, -0.05) is 19.3 Å². The van der Waals surface area contributed by atoms with E-state index in [0.29, 0.717) is 12.8 Å². The van der Waals surface area contributed by atoms with Gasteiger partial charge in [-0.2, -0.15) is 18.3 Å². The van der Waals surface area contributed by atoms with Crippen LogP contribution in [0, 0.1) is 6.92 Å². The average molecular weight is 373 g/mol. The first-order chi connectivity index (χ1) is 12.1. The summed E-state index contributed by atoms with van der Waals surface area (Å²) in [6.07, 6.45) is -1.01. The van der Waals surface area contributed by atoms with E-state index in [1.165, 1.54) is 0 Å². The number of aromatic amines is 1. The maximum Gasteiger partial charge on any atom is 0.433 e. The summed E-state index contributed by atoms with van der Waals surface area (Å²) in [5.74, 6) is -1.56. The Morgan fingerprint density at radius 3 is 2.50 bits per heavy atom. The van der Waals surface area contributed by atoms with Gasteiger partial charge in [0.1, 0.15) is 17.8 Å². The van der Waals surface area contributed by atoms with E-state index in [2.05, 4.69) is 15.7 Å². The molecule has 1 aromatic heterocycles. The molecule has 0 bridgehead atoms. The lowest BCUT2D eigenvalue weighted by Gasteiger charge is -2.30. The molecule has 8 nitrogen and oxygen atoms in total. The first-order valence-electron chi connectivity index (χ1n) is 8.20. The minimum Gasteiger partial charge on any atom is -0.323 e. The predicted molar refractivity (Wildman–Crippen MR) is 83.0 cm³/mol. The number of alkyl halides is 3. The predicted octanol–water partition coefficient (Wildman–Crippen LogP) is 1.93. The molecule has 2 heterocycles. The fourth-order valence-electron chi connectivity index (χ4n) is 3.42. The SMILES string of the molecule is Cc1c(NC(=O)CN2C(=O)NC3(CCCCC3)C2=O)n[nH]c1C(F)(F)F. The van der Waals surface area contributed by atoms with E-state index in [1.54, 1.807) is 0 Å². The molecule has 0 radical (unpaired) electrons. The number of imide groups is 1. The Hall–Kier alpha value is -2.59. The Bertz CT molecular complexity index is 752. The molecular weight excluding hydrogens is 355 g/mol. The summed E-state index contributed by atoms with van der Waals surface area (Å²) in [6, 6.07) is -0.665. The van der Waals surface area contributed by atoms with Gasteiger partial charge in [0.25, 0.3) is 5.91 Å². The van der Waals surface area contributed by atoms with Crippen molar-refractivity contribution in [2.75, 3.05) is 11.9 Å². The van der Waals surface area contributed by atoms with Crippen LogP contribution in [0.2, 0.25) is 0 Å². The molecular formula is C15H18F3N5O3. The summed E-state index contributed by atoms with van der Waals surface area (Å²) in [5, 5.41) is 10.1. The van der Waals surface area contributed by atoms with Gasteiger partial charge in [-0.25, -0.2) is 4.79 Å². The van der Waals surface area contributed by atoms with Gasteiger partial charge >= 0.3 is 12.2 Å². The maximum absolute atomic E-state index is 12.7. The van der Waals surface area contributed by atoms with E-state index >= 15 is 0 Å². The molecule has 4 amide bonds. The molecule has 0 aromatic carbocycles. The monoisotopic (exact) mass is 373 g/mol. The van der Waals surface area contributed by atoms with Crippen molar-refractivity contribution in [2.45, 2.75) is 50.7 Å². The molecule has 1 saturated heterocycles. The largest absolute Gasteiger partial charge is 0.433 e. The Morgan fingerprint density at radius 2 is 1.92 bits per heavy atom. The van der Waals surface area contributed by atoms with Gasteiger partial charge < -0.3 is 10.6 Å². The van der Waals surface area contributed by atoms with Crippen LogP contribution in [0.25, 0.3) is 0 Å². The number of H-pyrrole nitrogens is 1. The quantitative estimate of drug-likeness (QED) is 0.704. The minimum atomic E-state index is -4.63. The lowest BCUT2D eigenvalue weighted by Crippen LogP contribution is -2.48. The molecule has 0 unspecified atom stereocenters. The highest BCUT2D eigenvalue weighted by Crippen LogP contribution is 2.34. The van der Waals surface area contributed by atoms with E-state index in [-0.39, 0.29) is 11.4 Å². The fraction of sp³-hybridized carbons (Fsp3) is 0.600. The number of hydrogen-bond acceptors (Lipinski definition) is 4. The number of carbonyl (C=O) groups excluding carboxylic acids is 3. The topological polar surface area (TPSA) is 107 Å². The van der Waals surface area contributed by atoms with Gasteiger partial charge in [-0.05, 0) is 19.8 Å². The number of nitrogens with zero attached hydrogens (tertiary/aromatic N) is 2. The normalized spacial score (nSPS) is 19.8. The minimum absolute atomic E-state index is 0.271. The molecule has 1 spiro atoms. The Morgan fingerprint density at radius 1 is 1.27 bits per heavy atom. The third-order valence-electron chi connectivity index (χ3n) is 4.81. The number of urea groups is 1. The van der Waals surface area contributed by atoms with Crippen LogP contribution in [-0.2, 0) is 15.8 Å². The summed E-state index contributed by atoms with van der Waals surface area (Å²) < 4.78 is 38.2. The van der Waals surface area contributed by atoms with Gasteiger partial charge in [0, 0.05) is 5.56 Å². The highest BCUT2D eigenvalue weighted by molar-refractivity contribution is 6.10. The molecule has 2 fully saturated rings. The zero-order valence-corrected chi connectivity index (χ0v) is 14.0. The second-order valence-corrected chi connectivity index (χ2v) is 6.58. The highest BCUT2D eigenvalue weighted by atomic mass is 19.4. The van der Waals surface area contributed by atoms with E-state index in [9.17, 15) is 27.6 Å². The smallest absolute Gasteiger partial charge is 0.323 e. The zero-order valence-electron chi connectivity index (χ0n) is 14.0. The number of amides is 4. The molecule has 1 saturated carbocycles. The number of aromatic nitrogens is 2. The second kappa shape index (κ2) is 6.29. The van der Waals surface area contributed by atoms with Gasteiger partial charge in [0.15, 0.2) is 5.82 Å². The molecule has 26 heavy (non-hydrogen) atoms. The van der Waals surface area contributed by atoms with Crippen molar-refractivity contribution in [2.24, 2.45) is 0 Å². The van der Waals surface area contributed by atoms with Crippen molar-refractivity contribution < 1.29 is 27.6 Å². The lowest BCUT2D eigenvalue weighted by atomic mass is 9.82. The molecule has 1 aliphatic carbocycles. The molecule has 11 heteroatoms. The third kappa shape index (κ3) is 3.13. The van der Waals surface area contributed by atoms with Crippen LogP contribution in [0.3, 0.4) is 0 Å². The van der Waals surface area contributed by atoms with Crippen molar-refractivity contribution in [3.63, 3.8) is 0 Å². The molecule has 1 aromatic rings. The van der Waals surface area contributed by atoms with Crippen LogP contribution in [0.4, 0.5) is 23.8 Å². The van der Waals surface area contributed by atoms with Crippen molar-refractivity contribution >= 4 is 23.7 Å².